The number of guanidine groups is 1. The van der Waals surface area contributed by atoms with Crippen LogP contribution in [0.2, 0.25) is 0 Å². The second kappa shape index (κ2) is 15.1. The van der Waals surface area contributed by atoms with Crippen molar-refractivity contribution in [2.75, 3.05) is 40.0 Å². The molecule has 2 rings (SSSR count). The Hall–Kier alpha value is -0.860. The van der Waals surface area contributed by atoms with Crippen LogP contribution in [0.1, 0.15) is 38.2 Å². The third kappa shape index (κ3) is 10.9. The van der Waals surface area contributed by atoms with Crippen LogP contribution < -0.4 is 10.6 Å². The lowest BCUT2D eigenvalue weighted by molar-refractivity contribution is 0.0203. The number of halogens is 1. The zero-order chi connectivity index (χ0) is 18.5. The number of aliphatic imine (C=N–C) groups is 1. The van der Waals surface area contributed by atoms with Crippen molar-refractivity contribution in [1.29, 1.82) is 0 Å². The Morgan fingerprint density at radius 1 is 1.26 bits per heavy atom. The topological polar surface area (TPSA) is 54.9 Å². The van der Waals surface area contributed by atoms with Crippen LogP contribution in [0.4, 0.5) is 0 Å². The molecule has 27 heavy (non-hydrogen) atoms. The van der Waals surface area contributed by atoms with Crippen molar-refractivity contribution in [2.24, 2.45) is 10.9 Å². The van der Waals surface area contributed by atoms with Crippen LogP contribution in [0.25, 0.3) is 0 Å². The van der Waals surface area contributed by atoms with Gasteiger partial charge in [-0.15, -0.1) is 24.0 Å². The summed E-state index contributed by atoms with van der Waals surface area (Å²) in [5, 5.41) is 6.84. The molecule has 0 spiro atoms. The van der Waals surface area contributed by atoms with Gasteiger partial charge in [0.05, 0.1) is 0 Å². The minimum atomic E-state index is 0. The van der Waals surface area contributed by atoms with E-state index in [1.165, 1.54) is 5.56 Å². The van der Waals surface area contributed by atoms with Gasteiger partial charge in [0.2, 0.25) is 0 Å². The summed E-state index contributed by atoms with van der Waals surface area (Å²) in [6, 6.07) is 11.0. The molecule has 1 unspecified atom stereocenters. The van der Waals surface area contributed by atoms with E-state index in [0.29, 0.717) is 12.0 Å². The summed E-state index contributed by atoms with van der Waals surface area (Å²) < 4.78 is 11.2. The Morgan fingerprint density at radius 3 is 2.70 bits per heavy atom. The lowest BCUT2D eigenvalue weighted by Crippen LogP contribution is -2.42. The number of rotatable bonds is 10. The van der Waals surface area contributed by atoms with Crippen molar-refractivity contribution >= 4 is 29.9 Å². The zero-order valence-electron chi connectivity index (χ0n) is 16.8. The molecule has 1 aromatic rings. The van der Waals surface area contributed by atoms with Crippen LogP contribution in [0, 0.1) is 5.92 Å². The lowest BCUT2D eigenvalue weighted by Gasteiger charge is -2.21. The summed E-state index contributed by atoms with van der Waals surface area (Å²) in [5.41, 5.74) is 1.38. The normalized spacial score (nSPS) is 16.4. The fourth-order valence-corrected chi connectivity index (χ4v) is 3.07. The van der Waals surface area contributed by atoms with Gasteiger partial charge in [-0.25, -0.2) is 0 Å². The zero-order valence-corrected chi connectivity index (χ0v) is 19.1. The molecular weight excluding hydrogens is 453 g/mol. The van der Waals surface area contributed by atoms with Gasteiger partial charge in [-0.3, -0.25) is 4.99 Å². The van der Waals surface area contributed by atoms with Gasteiger partial charge in [0, 0.05) is 46.1 Å². The van der Waals surface area contributed by atoms with Crippen LogP contribution >= 0.6 is 24.0 Å². The highest BCUT2D eigenvalue weighted by molar-refractivity contribution is 14.0. The first kappa shape index (κ1) is 24.2. The second-order valence-corrected chi connectivity index (χ2v) is 7.05. The summed E-state index contributed by atoms with van der Waals surface area (Å²) in [6.07, 6.45) is 5.42. The predicted molar refractivity (Wildman–Crippen MR) is 123 cm³/mol. The highest BCUT2D eigenvalue weighted by Crippen LogP contribution is 2.14. The maximum atomic E-state index is 5.80. The molecule has 0 aliphatic carbocycles. The monoisotopic (exact) mass is 489 g/mol. The molecule has 1 atom stereocenters. The van der Waals surface area contributed by atoms with E-state index in [2.05, 4.69) is 52.9 Å². The number of hydrogen-bond acceptors (Lipinski definition) is 3. The van der Waals surface area contributed by atoms with Crippen molar-refractivity contribution in [3.63, 3.8) is 0 Å². The van der Waals surface area contributed by atoms with Crippen LogP contribution in [0.5, 0.6) is 0 Å². The maximum Gasteiger partial charge on any atom is 0.191 e. The number of benzene rings is 1. The van der Waals surface area contributed by atoms with Crippen LogP contribution in [-0.4, -0.2) is 52.0 Å². The summed E-state index contributed by atoms with van der Waals surface area (Å²) in [5.74, 6) is 1.55. The number of aryl methyl sites for hydroxylation is 1. The minimum absolute atomic E-state index is 0. The molecule has 1 fully saturated rings. The molecule has 1 saturated heterocycles. The van der Waals surface area contributed by atoms with Crippen LogP contribution in [0.3, 0.4) is 0 Å². The molecule has 0 bridgehead atoms. The van der Waals surface area contributed by atoms with Gasteiger partial charge in [-0.05, 0) is 50.5 Å². The molecule has 2 N–H and O–H groups in total. The van der Waals surface area contributed by atoms with Crippen LogP contribution in [0.15, 0.2) is 35.3 Å². The lowest BCUT2D eigenvalue weighted by atomic mass is 10.0. The molecule has 0 saturated carbocycles. The fourth-order valence-electron chi connectivity index (χ4n) is 3.07. The second-order valence-electron chi connectivity index (χ2n) is 7.05. The molecular formula is C21H36IN3O2. The van der Waals surface area contributed by atoms with E-state index >= 15 is 0 Å². The standard InChI is InChI=1S/C21H35N3O2.HI/c1-18(9-10-19-7-4-3-5-8-19)24-21(22-2)23-13-6-14-26-17-20-11-15-25-16-12-20;/h3-5,7-8,18,20H,6,9-17H2,1-2H3,(H2,22,23,24);1H. The summed E-state index contributed by atoms with van der Waals surface area (Å²) in [6.45, 7) is 6.52. The summed E-state index contributed by atoms with van der Waals surface area (Å²) in [4.78, 5) is 4.31. The van der Waals surface area contributed by atoms with Gasteiger partial charge in [-0.1, -0.05) is 30.3 Å². The van der Waals surface area contributed by atoms with Crippen LogP contribution in [-0.2, 0) is 15.9 Å². The fraction of sp³-hybridized carbons (Fsp3) is 0.667. The van der Waals surface area contributed by atoms with Gasteiger partial charge < -0.3 is 20.1 Å². The third-order valence-corrected chi connectivity index (χ3v) is 4.77. The van der Waals surface area contributed by atoms with Gasteiger partial charge in [-0.2, -0.15) is 0 Å². The van der Waals surface area contributed by atoms with Gasteiger partial charge in [0.25, 0.3) is 0 Å². The molecule has 6 heteroatoms. The average molecular weight is 489 g/mol. The molecule has 0 radical (unpaired) electrons. The van der Waals surface area contributed by atoms with Crippen molar-refractivity contribution < 1.29 is 9.47 Å². The first-order valence-electron chi connectivity index (χ1n) is 9.94. The van der Waals surface area contributed by atoms with E-state index in [0.717, 1.165) is 71.0 Å². The molecule has 1 aliphatic heterocycles. The predicted octanol–water partition coefficient (Wildman–Crippen LogP) is 3.62. The molecule has 0 amide bonds. The van der Waals surface area contributed by atoms with E-state index in [-0.39, 0.29) is 24.0 Å². The van der Waals surface area contributed by atoms with Gasteiger partial charge in [0.15, 0.2) is 5.96 Å². The van der Waals surface area contributed by atoms with Crippen molar-refractivity contribution in [2.45, 2.75) is 45.1 Å². The maximum absolute atomic E-state index is 5.80. The Balaban J connectivity index is 0.00000364. The molecule has 1 heterocycles. The minimum Gasteiger partial charge on any atom is -0.381 e. The number of nitrogens with zero attached hydrogens (tertiary/aromatic N) is 1. The summed E-state index contributed by atoms with van der Waals surface area (Å²) in [7, 11) is 1.82. The number of ether oxygens (including phenoxy) is 2. The van der Waals surface area contributed by atoms with E-state index < -0.39 is 0 Å². The quantitative estimate of drug-likeness (QED) is 0.228. The van der Waals surface area contributed by atoms with Gasteiger partial charge >= 0.3 is 0 Å². The third-order valence-electron chi connectivity index (χ3n) is 4.77. The Morgan fingerprint density at radius 2 is 2.00 bits per heavy atom. The molecule has 154 valence electrons. The molecule has 1 aromatic carbocycles. The highest BCUT2D eigenvalue weighted by atomic mass is 127. The van der Waals surface area contributed by atoms with Crippen molar-refractivity contribution in [3.8, 4) is 0 Å². The largest absolute Gasteiger partial charge is 0.381 e. The first-order chi connectivity index (χ1) is 12.8. The van der Waals surface area contributed by atoms with E-state index in [4.69, 9.17) is 9.47 Å². The van der Waals surface area contributed by atoms with Crippen molar-refractivity contribution in [3.05, 3.63) is 35.9 Å². The first-order valence-corrected chi connectivity index (χ1v) is 9.94. The SMILES string of the molecule is CN=C(NCCCOCC1CCOCC1)NC(C)CCc1ccccc1.I. The van der Waals surface area contributed by atoms with E-state index in [1.54, 1.807) is 0 Å². The Labute approximate surface area is 181 Å². The number of hydrogen-bond donors (Lipinski definition) is 2. The summed E-state index contributed by atoms with van der Waals surface area (Å²) >= 11 is 0. The Kier molecular flexibility index (Phi) is 13.5. The number of nitrogens with one attached hydrogen (secondary N) is 2. The average Bonchev–Trinajstić information content (AvgIpc) is 2.69. The molecule has 0 aromatic heterocycles. The van der Waals surface area contributed by atoms with Crippen molar-refractivity contribution in [1.82, 2.24) is 10.6 Å². The Bertz CT molecular complexity index is 507. The molecule has 1 aliphatic rings. The van der Waals surface area contributed by atoms with E-state index in [9.17, 15) is 0 Å². The smallest absolute Gasteiger partial charge is 0.191 e. The molecule has 5 nitrogen and oxygen atoms in total. The highest BCUT2D eigenvalue weighted by Gasteiger charge is 2.13. The van der Waals surface area contributed by atoms with Gasteiger partial charge in [0.1, 0.15) is 0 Å². The van der Waals surface area contributed by atoms with E-state index in [1.807, 2.05) is 7.05 Å².